The Hall–Kier alpha value is -2.74. The number of ether oxygens (including phenoxy) is 1. The van der Waals surface area contributed by atoms with Crippen molar-refractivity contribution in [1.29, 1.82) is 0 Å². The van der Waals surface area contributed by atoms with Gasteiger partial charge < -0.3 is 9.84 Å². The molecule has 0 bridgehead atoms. The molecule has 1 N–H and O–H groups in total. The van der Waals surface area contributed by atoms with Gasteiger partial charge >= 0.3 is 0 Å². The Bertz CT molecular complexity index is 923. The zero-order valence-electron chi connectivity index (χ0n) is 17.7. The van der Waals surface area contributed by atoms with E-state index in [-0.39, 0.29) is 16.6 Å². The lowest BCUT2D eigenvalue weighted by molar-refractivity contribution is 0.392. The molecule has 0 spiro atoms. The summed E-state index contributed by atoms with van der Waals surface area (Å²) in [5, 5.41) is 10.3. The van der Waals surface area contributed by atoms with E-state index in [1.165, 1.54) is 11.1 Å². The summed E-state index contributed by atoms with van der Waals surface area (Å²) in [6, 6.07) is 22.0. The molecule has 0 saturated carbocycles. The molecule has 0 aromatic heterocycles. The van der Waals surface area contributed by atoms with Gasteiger partial charge in [0.2, 0.25) is 0 Å². The Morgan fingerprint density at radius 2 is 1.14 bits per heavy atom. The Balaban J connectivity index is 2.28. The Morgan fingerprint density at radius 3 is 1.64 bits per heavy atom. The minimum atomic E-state index is -0.121. The van der Waals surface area contributed by atoms with Crippen molar-refractivity contribution in [3.63, 3.8) is 0 Å². The van der Waals surface area contributed by atoms with Gasteiger partial charge in [-0.15, -0.1) is 0 Å². The monoisotopic (exact) mass is 374 g/mol. The van der Waals surface area contributed by atoms with Crippen LogP contribution in [0.15, 0.2) is 66.7 Å². The number of para-hydroxylation sites is 2. The van der Waals surface area contributed by atoms with Crippen molar-refractivity contribution < 1.29 is 9.84 Å². The van der Waals surface area contributed by atoms with Crippen molar-refractivity contribution in [2.24, 2.45) is 0 Å². The average Bonchev–Trinajstić information content (AvgIpc) is 2.62. The van der Waals surface area contributed by atoms with Crippen molar-refractivity contribution in [1.82, 2.24) is 0 Å². The normalized spacial score (nSPS) is 12.1. The van der Waals surface area contributed by atoms with Crippen molar-refractivity contribution in [2.45, 2.75) is 52.4 Å². The third-order valence-electron chi connectivity index (χ3n) is 4.89. The van der Waals surface area contributed by atoms with Crippen LogP contribution in [0.1, 0.15) is 52.7 Å². The predicted octanol–water partition coefficient (Wildman–Crippen LogP) is 7.45. The van der Waals surface area contributed by atoms with Crippen molar-refractivity contribution in [3.8, 4) is 28.4 Å². The van der Waals surface area contributed by atoms with Crippen LogP contribution < -0.4 is 4.74 Å². The molecule has 0 radical (unpaired) electrons. The Kier molecular flexibility index (Phi) is 5.25. The van der Waals surface area contributed by atoms with E-state index in [9.17, 15) is 5.11 Å². The highest BCUT2D eigenvalue weighted by atomic mass is 16.5. The number of hydrogen-bond donors (Lipinski definition) is 1. The van der Waals surface area contributed by atoms with Gasteiger partial charge in [-0.3, -0.25) is 0 Å². The van der Waals surface area contributed by atoms with E-state index in [0.717, 1.165) is 16.9 Å². The fourth-order valence-corrected chi connectivity index (χ4v) is 3.30. The molecular weight excluding hydrogens is 344 g/mol. The third kappa shape index (κ3) is 4.22. The van der Waals surface area contributed by atoms with Gasteiger partial charge in [-0.25, -0.2) is 0 Å². The fourth-order valence-electron chi connectivity index (χ4n) is 3.30. The van der Waals surface area contributed by atoms with Crippen LogP contribution in [0.4, 0.5) is 0 Å². The maximum Gasteiger partial charge on any atom is 0.169 e. The molecule has 0 amide bonds. The number of benzene rings is 3. The Morgan fingerprint density at radius 1 is 0.643 bits per heavy atom. The number of hydrogen-bond acceptors (Lipinski definition) is 2. The molecule has 3 aromatic carbocycles. The topological polar surface area (TPSA) is 29.5 Å². The van der Waals surface area contributed by atoms with Crippen LogP contribution in [0.2, 0.25) is 0 Å². The summed E-state index contributed by atoms with van der Waals surface area (Å²) in [5.74, 6) is 1.46. The average molecular weight is 375 g/mol. The molecule has 0 heterocycles. The highest BCUT2D eigenvalue weighted by Crippen LogP contribution is 2.45. The van der Waals surface area contributed by atoms with Crippen LogP contribution in [0.3, 0.4) is 0 Å². The van der Waals surface area contributed by atoms with E-state index >= 15 is 0 Å². The zero-order valence-corrected chi connectivity index (χ0v) is 17.7. The first-order valence-electron chi connectivity index (χ1n) is 9.77. The molecule has 0 aliphatic carbocycles. The second kappa shape index (κ2) is 7.35. The van der Waals surface area contributed by atoms with E-state index in [1.807, 2.05) is 12.1 Å². The van der Waals surface area contributed by atoms with Gasteiger partial charge in [0.05, 0.1) is 0 Å². The molecule has 0 aliphatic heterocycles. The summed E-state index contributed by atoms with van der Waals surface area (Å²) in [6.45, 7) is 13.2. The van der Waals surface area contributed by atoms with Gasteiger partial charge in [0.25, 0.3) is 0 Å². The predicted molar refractivity (Wildman–Crippen MR) is 117 cm³/mol. The van der Waals surface area contributed by atoms with Crippen LogP contribution in [-0.2, 0) is 10.8 Å². The van der Waals surface area contributed by atoms with Crippen LogP contribution >= 0.6 is 0 Å². The van der Waals surface area contributed by atoms with Crippen LogP contribution in [0.25, 0.3) is 11.1 Å². The molecule has 2 heteroatoms. The molecule has 146 valence electrons. The molecule has 0 fully saturated rings. The zero-order chi connectivity index (χ0) is 20.5. The van der Waals surface area contributed by atoms with Crippen molar-refractivity contribution >= 4 is 0 Å². The maximum atomic E-state index is 10.3. The summed E-state index contributed by atoms with van der Waals surface area (Å²) in [4.78, 5) is 0. The lowest BCUT2D eigenvalue weighted by atomic mass is 9.77. The number of phenols is 1. The lowest BCUT2D eigenvalue weighted by Crippen LogP contribution is -2.19. The Labute approximate surface area is 168 Å². The highest BCUT2D eigenvalue weighted by Gasteiger charge is 2.29. The van der Waals surface area contributed by atoms with Crippen LogP contribution in [0, 0.1) is 0 Å². The smallest absolute Gasteiger partial charge is 0.169 e. The first kappa shape index (κ1) is 20.0. The first-order chi connectivity index (χ1) is 13.1. The molecule has 0 aliphatic rings. The summed E-state index contributed by atoms with van der Waals surface area (Å²) in [5.41, 5.74) is 4.38. The first-order valence-corrected chi connectivity index (χ1v) is 9.77. The highest BCUT2D eigenvalue weighted by molar-refractivity contribution is 5.69. The molecule has 2 nitrogen and oxygen atoms in total. The minimum Gasteiger partial charge on any atom is -0.504 e. The summed E-state index contributed by atoms with van der Waals surface area (Å²) >= 11 is 0. The van der Waals surface area contributed by atoms with Crippen molar-refractivity contribution in [3.05, 3.63) is 77.9 Å². The van der Waals surface area contributed by atoms with E-state index < -0.39 is 0 Å². The van der Waals surface area contributed by atoms with E-state index in [2.05, 4.69) is 77.9 Å². The molecular formula is C26H30O2. The fraction of sp³-hybridized carbons (Fsp3) is 0.308. The SMILES string of the molecule is CC(C)(C)c1cc(-c2ccccc2)cc(C(C)(C)C)c1Oc1ccccc1O. The van der Waals surface area contributed by atoms with E-state index in [1.54, 1.807) is 18.2 Å². The second-order valence-electron chi connectivity index (χ2n) is 9.34. The summed E-state index contributed by atoms with van der Waals surface area (Å²) < 4.78 is 6.37. The van der Waals surface area contributed by atoms with Gasteiger partial charge in [-0.1, -0.05) is 84.0 Å². The van der Waals surface area contributed by atoms with E-state index in [0.29, 0.717) is 5.75 Å². The number of aromatic hydroxyl groups is 1. The molecule has 3 aromatic rings. The van der Waals surface area contributed by atoms with Gasteiger partial charge in [0.15, 0.2) is 11.5 Å². The summed E-state index contributed by atoms with van der Waals surface area (Å²) in [7, 11) is 0. The van der Waals surface area contributed by atoms with Gasteiger partial charge in [0.1, 0.15) is 5.75 Å². The quantitative estimate of drug-likeness (QED) is 0.516. The summed E-state index contributed by atoms with van der Waals surface area (Å²) in [6.07, 6.45) is 0. The molecule has 3 rings (SSSR count). The third-order valence-corrected chi connectivity index (χ3v) is 4.89. The number of rotatable bonds is 3. The molecule has 28 heavy (non-hydrogen) atoms. The van der Waals surface area contributed by atoms with Crippen LogP contribution in [-0.4, -0.2) is 5.11 Å². The van der Waals surface area contributed by atoms with E-state index in [4.69, 9.17) is 4.74 Å². The maximum absolute atomic E-state index is 10.3. The van der Waals surface area contributed by atoms with Crippen LogP contribution in [0.5, 0.6) is 17.2 Å². The van der Waals surface area contributed by atoms with Gasteiger partial charge in [-0.2, -0.15) is 0 Å². The standard InChI is InChI=1S/C26H30O2/c1-25(2,3)20-16-19(18-12-8-7-9-13-18)17-21(26(4,5)6)24(20)28-23-15-11-10-14-22(23)27/h7-17,27H,1-6H3. The van der Waals surface area contributed by atoms with Crippen molar-refractivity contribution in [2.75, 3.05) is 0 Å². The lowest BCUT2D eigenvalue weighted by Gasteiger charge is -2.30. The largest absolute Gasteiger partial charge is 0.504 e. The number of phenolic OH excluding ortho intramolecular Hbond substituents is 1. The molecule has 0 atom stereocenters. The minimum absolute atomic E-state index is 0.121. The molecule has 0 unspecified atom stereocenters. The second-order valence-corrected chi connectivity index (χ2v) is 9.34. The molecule has 0 saturated heterocycles. The van der Waals surface area contributed by atoms with Gasteiger partial charge in [-0.05, 0) is 46.2 Å². The van der Waals surface area contributed by atoms with Gasteiger partial charge in [0, 0.05) is 11.1 Å².